The molecule has 1 aromatic heterocycles. The maximum Gasteiger partial charge on any atom is 0.357 e. The van der Waals surface area contributed by atoms with Crippen LogP contribution in [0.3, 0.4) is 0 Å². The van der Waals surface area contributed by atoms with Crippen LogP contribution in [0.1, 0.15) is 20.8 Å². The first-order valence-corrected chi connectivity index (χ1v) is 9.75. The van der Waals surface area contributed by atoms with E-state index < -0.39 is 17.8 Å². The number of nitrogens with zero attached hydrogens (tertiary/aromatic N) is 2. The molecule has 0 fully saturated rings. The molecule has 0 unspecified atom stereocenters. The summed E-state index contributed by atoms with van der Waals surface area (Å²) in [7, 11) is 2.41. The van der Waals surface area contributed by atoms with Gasteiger partial charge in [0.05, 0.1) is 19.9 Å². The molecule has 32 heavy (non-hydrogen) atoms. The third kappa shape index (κ3) is 3.76. The number of para-hydroxylation sites is 1. The fourth-order valence-corrected chi connectivity index (χ4v) is 3.47. The lowest BCUT2D eigenvalue weighted by molar-refractivity contribution is 0.0549. The van der Waals surface area contributed by atoms with E-state index in [1.165, 1.54) is 25.0 Å². The predicted octanol–water partition coefficient (Wildman–Crippen LogP) is 4.92. The quantitative estimate of drug-likeness (QED) is 0.421. The molecule has 0 N–H and O–H groups in total. The van der Waals surface area contributed by atoms with Gasteiger partial charge in [0.15, 0.2) is 5.69 Å². The van der Waals surface area contributed by atoms with Crippen LogP contribution in [0.2, 0.25) is 0 Å². The number of carbonyl (C=O) groups excluding carboxylic acids is 2. The molecule has 0 bridgehead atoms. The standard InChI is InChI=1S/C25H19FN2O4/c1-31-24(29)21-22(17-13-14-19(20(26)15-17)16-9-5-3-6-10-16)27-28(23(21)25(30)32-2)18-11-7-4-8-12-18/h3-15H,1-2H3. The van der Waals surface area contributed by atoms with Gasteiger partial charge in [0.2, 0.25) is 0 Å². The number of hydrogen-bond donors (Lipinski definition) is 0. The summed E-state index contributed by atoms with van der Waals surface area (Å²) in [5.74, 6) is -2.04. The van der Waals surface area contributed by atoms with Crippen LogP contribution in [0.25, 0.3) is 28.1 Å². The summed E-state index contributed by atoms with van der Waals surface area (Å²) in [5, 5.41) is 4.48. The monoisotopic (exact) mass is 430 g/mol. The summed E-state index contributed by atoms with van der Waals surface area (Å²) < 4.78 is 26.2. The number of hydrogen-bond acceptors (Lipinski definition) is 5. The second-order valence-electron chi connectivity index (χ2n) is 6.86. The lowest BCUT2D eigenvalue weighted by Gasteiger charge is -2.07. The molecular weight excluding hydrogens is 411 g/mol. The van der Waals surface area contributed by atoms with E-state index in [1.54, 1.807) is 48.5 Å². The van der Waals surface area contributed by atoms with E-state index in [0.717, 1.165) is 5.56 Å². The van der Waals surface area contributed by atoms with Crippen molar-refractivity contribution in [3.8, 4) is 28.1 Å². The van der Waals surface area contributed by atoms with Crippen molar-refractivity contribution in [1.82, 2.24) is 9.78 Å². The number of aromatic nitrogens is 2. The van der Waals surface area contributed by atoms with Crippen molar-refractivity contribution >= 4 is 11.9 Å². The Morgan fingerprint density at radius 3 is 2.03 bits per heavy atom. The van der Waals surface area contributed by atoms with Crippen LogP contribution in [0.5, 0.6) is 0 Å². The Bertz CT molecular complexity index is 1280. The van der Waals surface area contributed by atoms with E-state index in [1.807, 2.05) is 24.3 Å². The first-order chi connectivity index (χ1) is 15.5. The van der Waals surface area contributed by atoms with Crippen LogP contribution in [0, 0.1) is 5.82 Å². The lowest BCUT2D eigenvalue weighted by atomic mass is 10.00. The summed E-state index contributed by atoms with van der Waals surface area (Å²) in [6.45, 7) is 0. The highest BCUT2D eigenvalue weighted by atomic mass is 19.1. The Hall–Kier alpha value is -4.26. The number of esters is 2. The largest absolute Gasteiger partial charge is 0.465 e. The zero-order chi connectivity index (χ0) is 22.7. The highest BCUT2D eigenvalue weighted by Crippen LogP contribution is 2.32. The van der Waals surface area contributed by atoms with Crippen molar-refractivity contribution < 1.29 is 23.5 Å². The Labute approximate surface area is 183 Å². The average Bonchev–Trinajstić information content (AvgIpc) is 3.25. The van der Waals surface area contributed by atoms with Gasteiger partial charge in [-0.3, -0.25) is 0 Å². The number of benzene rings is 3. The number of methoxy groups -OCH3 is 2. The summed E-state index contributed by atoms with van der Waals surface area (Å²) in [6, 6.07) is 22.4. The molecule has 7 heteroatoms. The SMILES string of the molecule is COC(=O)c1c(-c2ccc(-c3ccccc3)c(F)c2)nn(-c2ccccc2)c1C(=O)OC. The van der Waals surface area contributed by atoms with Crippen molar-refractivity contribution in [2.45, 2.75) is 0 Å². The van der Waals surface area contributed by atoms with Gasteiger partial charge in [-0.15, -0.1) is 0 Å². The molecule has 4 aromatic rings. The minimum absolute atomic E-state index is 0.102. The highest BCUT2D eigenvalue weighted by molar-refractivity contribution is 6.06. The van der Waals surface area contributed by atoms with E-state index in [0.29, 0.717) is 16.8 Å². The molecular formula is C25H19FN2O4. The summed E-state index contributed by atoms with van der Waals surface area (Å²) in [6.07, 6.45) is 0. The van der Waals surface area contributed by atoms with E-state index in [4.69, 9.17) is 9.47 Å². The first kappa shape index (κ1) is 21.0. The van der Waals surface area contributed by atoms with E-state index in [2.05, 4.69) is 5.10 Å². The van der Waals surface area contributed by atoms with Gasteiger partial charge in [-0.1, -0.05) is 60.7 Å². The van der Waals surface area contributed by atoms with Gasteiger partial charge in [-0.05, 0) is 23.8 Å². The molecule has 0 saturated heterocycles. The minimum atomic E-state index is -0.782. The molecule has 0 aliphatic carbocycles. The smallest absolute Gasteiger partial charge is 0.357 e. The maximum atomic E-state index is 15.0. The van der Waals surface area contributed by atoms with Crippen molar-refractivity contribution in [1.29, 1.82) is 0 Å². The first-order valence-electron chi connectivity index (χ1n) is 9.75. The number of carbonyl (C=O) groups is 2. The molecule has 0 radical (unpaired) electrons. The molecule has 0 amide bonds. The van der Waals surface area contributed by atoms with Gasteiger partial charge >= 0.3 is 11.9 Å². The topological polar surface area (TPSA) is 70.4 Å². The van der Waals surface area contributed by atoms with Crippen molar-refractivity contribution in [2.75, 3.05) is 14.2 Å². The molecule has 6 nitrogen and oxygen atoms in total. The van der Waals surface area contributed by atoms with Crippen LogP contribution >= 0.6 is 0 Å². The zero-order valence-electron chi connectivity index (χ0n) is 17.4. The van der Waals surface area contributed by atoms with Gasteiger partial charge in [0.1, 0.15) is 17.1 Å². The zero-order valence-corrected chi connectivity index (χ0v) is 17.4. The third-order valence-corrected chi connectivity index (χ3v) is 4.98. The molecule has 160 valence electrons. The second kappa shape index (κ2) is 8.85. The van der Waals surface area contributed by atoms with Crippen LogP contribution in [-0.2, 0) is 9.47 Å². The summed E-state index contributed by atoms with van der Waals surface area (Å²) >= 11 is 0. The third-order valence-electron chi connectivity index (χ3n) is 4.98. The van der Waals surface area contributed by atoms with E-state index in [9.17, 15) is 9.59 Å². The van der Waals surface area contributed by atoms with Gasteiger partial charge < -0.3 is 9.47 Å². The number of halogens is 1. The Balaban J connectivity index is 1.94. The molecule has 3 aromatic carbocycles. The average molecular weight is 430 g/mol. The fourth-order valence-electron chi connectivity index (χ4n) is 3.47. The van der Waals surface area contributed by atoms with Crippen LogP contribution in [-0.4, -0.2) is 35.9 Å². The van der Waals surface area contributed by atoms with Gasteiger partial charge in [-0.2, -0.15) is 5.10 Å². The van der Waals surface area contributed by atoms with E-state index in [-0.39, 0.29) is 17.0 Å². The molecule has 4 rings (SSSR count). The molecule has 1 heterocycles. The number of ether oxygens (including phenoxy) is 2. The predicted molar refractivity (Wildman–Crippen MR) is 117 cm³/mol. The van der Waals surface area contributed by atoms with E-state index >= 15 is 4.39 Å². The van der Waals surface area contributed by atoms with Crippen LogP contribution < -0.4 is 0 Å². The Morgan fingerprint density at radius 1 is 0.812 bits per heavy atom. The number of rotatable bonds is 5. The maximum absolute atomic E-state index is 15.0. The molecule has 0 spiro atoms. The fraction of sp³-hybridized carbons (Fsp3) is 0.0800. The Morgan fingerprint density at radius 2 is 1.44 bits per heavy atom. The normalized spacial score (nSPS) is 10.6. The molecule has 0 aliphatic heterocycles. The van der Waals surface area contributed by atoms with Crippen molar-refractivity contribution in [3.63, 3.8) is 0 Å². The highest BCUT2D eigenvalue weighted by Gasteiger charge is 2.31. The van der Waals surface area contributed by atoms with Gasteiger partial charge in [-0.25, -0.2) is 18.7 Å². The molecule has 0 aliphatic rings. The summed E-state index contributed by atoms with van der Waals surface area (Å²) in [4.78, 5) is 25.3. The Kier molecular flexibility index (Phi) is 5.81. The van der Waals surface area contributed by atoms with Gasteiger partial charge in [0.25, 0.3) is 0 Å². The second-order valence-corrected chi connectivity index (χ2v) is 6.86. The molecule has 0 saturated carbocycles. The van der Waals surface area contributed by atoms with Crippen LogP contribution in [0.15, 0.2) is 78.9 Å². The van der Waals surface area contributed by atoms with Gasteiger partial charge in [0, 0.05) is 11.1 Å². The van der Waals surface area contributed by atoms with Crippen molar-refractivity contribution in [3.05, 3.63) is 95.9 Å². The van der Waals surface area contributed by atoms with Crippen LogP contribution in [0.4, 0.5) is 4.39 Å². The minimum Gasteiger partial charge on any atom is -0.465 e. The molecule has 0 atom stereocenters. The van der Waals surface area contributed by atoms with Crippen molar-refractivity contribution in [2.24, 2.45) is 0 Å². The lowest BCUT2D eigenvalue weighted by Crippen LogP contribution is -2.15. The summed E-state index contributed by atoms with van der Waals surface area (Å²) in [5.41, 5.74) is 1.88.